The fraction of sp³-hybridized carbons (Fsp3) is 0.192. The summed E-state index contributed by atoms with van der Waals surface area (Å²) < 4.78 is 29.4. The summed E-state index contributed by atoms with van der Waals surface area (Å²) in [4.78, 5) is 12.4. The van der Waals surface area contributed by atoms with Gasteiger partial charge in [-0.3, -0.25) is 0 Å². The molecule has 170 valence electrons. The smallest absolute Gasteiger partial charge is 0.333 e. The molecule has 0 spiro atoms. The third-order valence-corrected chi connectivity index (χ3v) is 8.05. The van der Waals surface area contributed by atoms with Crippen LogP contribution < -0.4 is 0 Å². The number of benzene rings is 3. The lowest BCUT2D eigenvalue weighted by Gasteiger charge is -2.40. The van der Waals surface area contributed by atoms with Crippen molar-refractivity contribution in [2.45, 2.75) is 37.2 Å². The predicted octanol–water partition coefficient (Wildman–Crippen LogP) is 5.84. The van der Waals surface area contributed by atoms with Crippen LogP contribution in [0.4, 0.5) is 0 Å². The Balaban J connectivity index is 1.96. The normalized spacial score (nSPS) is 19.2. The van der Waals surface area contributed by atoms with E-state index >= 15 is 0 Å². The molecule has 2 atom stereocenters. The lowest BCUT2D eigenvalue weighted by atomic mass is 9.89. The summed E-state index contributed by atoms with van der Waals surface area (Å²) in [5.74, 6) is -1.15. The zero-order valence-corrected chi connectivity index (χ0v) is 19.8. The fourth-order valence-electron chi connectivity index (χ4n) is 4.16. The molecule has 3 aromatic rings. The second-order valence-corrected chi connectivity index (χ2v) is 10.5. The van der Waals surface area contributed by atoms with Crippen LogP contribution in [0.2, 0.25) is 5.02 Å². The number of aryl methyl sites for hydroxylation is 2. The number of carboxylic acid groups (broad SMARTS) is 1. The van der Waals surface area contributed by atoms with Crippen LogP contribution in [0.15, 0.2) is 89.3 Å². The van der Waals surface area contributed by atoms with E-state index in [1.807, 2.05) is 38.1 Å². The quantitative estimate of drug-likeness (QED) is 0.496. The summed E-state index contributed by atoms with van der Waals surface area (Å²) in [6.45, 7) is 3.85. The van der Waals surface area contributed by atoms with Crippen molar-refractivity contribution in [1.29, 1.82) is 0 Å². The van der Waals surface area contributed by atoms with Crippen molar-refractivity contribution >= 4 is 27.6 Å². The average molecular weight is 482 g/mol. The minimum Gasteiger partial charge on any atom is -0.478 e. The van der Waals surface area contributed by atoms with Gasteiger partial charge in [-0.15, -0.1) is 0 Å². The Hall–Kier alpha value is -2.93. The number of halogens is 1. The molecule has 0 fully saturated rings. The van der Waals surface area contributed by atoms with E-state index in [9.17, 15) is 18.3 Å². The number of aliphatic carboxylic acids is 1. The molecule has 5 nitrogen and oxygen atoms in total. The highest BCUT2D eigenvalue weighted by Gasteiger charge is 2.44. The van der Waals surface area contributed by atoms with Gasteiger partial charge < -0.3 is 5.11 Å². The molecule has 0 amide bonds. The summed E-state index contributed by atoms with van der Waals surface area (Å²) >= 11 is 6.06. The molecule has 0 saturated carbocycles. The maximum Gasteiger partial charge on any atom is 0.333 e. The van der Waals surface area contributed by atoms with Gasteiger partial charge in [-0.1, -0.05) is 77.3 Å². The molecule has 0 aromatic heterocycles. The van der Waals surface area contributed by atoms with E-state index in [1.54, 1.807) is 54.6 Å². The number of carboxylic acids is 1. The van der Waals surface area contributed by atoms with E-state index in [4.69, 9.17) is 11.6 Å². The van der Waals surface area contributed by atoms with Crippen molar-refractivity contribution in [2.24, 2.45) is 0 Å². The first-order valence-corrected chi connectivity index (χ1v) is 12.4. The number of hydrogen-bond acceptors (Lipinski definition) is 3. The van der Waals surface area contributed by atoms with E-state index in [2.05, 4.69) is 0 Å². The minimum absolute atomic E-state index is 0.0244. The lowest BCUT2D eigenvalue weighted by Crippen LogP contribution is -2.42. The molecular formula is C26H24ClNO4S. The summed E-state index contributed by atoms with van der Waals surface area (Å²) in [5, 5.41) is 10.5. The zero-order chi connectivity index (χ0) is 23.8. The number of nitrogens with zero attached hydrogens (tertiary/aromatic N) is 1. The third kappa shape index (κ3) is 4.60. The van der Waals surface area contributed by atoms with E-state index in [-0.39, 0.29) is 16.9 Å². The standard InChI is InChI=1S/C26H24ClNO4S/c1-17-3-7-19(8-4-17)24-16-15-23(26(29)30)25(20-9-11-21(27)12-10-20)28(24)33(31,32)22-13-5-18(2)6-14-22/h3-15,24-25H,16H2,1-2H3,(H,29,30)/t24-,25-/m0/s1. The van der Waals surface area contributed by atoms with Gasteiger partial charge in [0, 0.05) is 5.02 Å². The molecule has 0 radical (unpaired) electrons. The van der Waals surface area contributed by atoms with Crippen LogP contribution in [0.3, 0.4) is 0 Å². The molecule has 3 aromatic carbocycles. The highest BCUT2D eigenvalue weighted by molar-refractivity contribution is 7.89. The van der Waals surface area contributed by atoms with Crippen LogP contribution in [0.1, 0.15) is 40.8 Å². The van der Waals surface area contributed by atoms with Crippen LogP contribution >= 0.6 is 11.6 Å². The SMILES string of the molecule is Cc1ccc([C@@H]2CC=C(C(=O)O)[C@H](c3ccc(Cl)cc3)N2S(=O)(=O)c2ccc(C)cc2)cc1. The first kappa shape index (κ1) is 23.2. The number of rotatable bonds is 5. The van der Waals surface area contributed by atoms with Crippen molar-refractivity contribution in [3.63, 3.8) is 0 Å². The first-order valence-electron chi connectivity index (χ1n) is 10.5. The molecule has 1 aliphatic heterocycles. The van der Waals surface area contributed by atoms with Crippen molar-refractivity contribution in [3.05, 3.63) is 112 Å². The fourth-order valence-corrected chi connectivity index (χ4v) is 6.06. The largest absolute Gasteiger partial charge is 0.478 e. The number of carbonyl (C=O) groups is 1. The Bertz CT molecular complexity index is 1300. The second-order valence-electron chi connectivity index (χ2n) is 8.23. The van der Waals surface area contributed by atoms with Crippen LogP contribution in [0.5, 0.6) is 0 Å². The molecule has 1 aliphatic rings. The van der Waals surface area contributed by atoms with Crippen molar-refractivity contribution < 1.29 is 18.3 Å². The second kappa shape index (κ2) is 9.14. The Labute approximate surface area is 199 Å². The molecular weight excluding hydrogens is 458 g/mol. The minimum atomic E-state index is -4.06. The molecule has 0 bridgehead atoms. The monoisotopic (exact) mass is 481 g/mol. The van der Waals surface area contributed by atoms with Gasteiger partial charge in [0.1, 0.15) is 0 Å². The predicted molar refractivity (Wildman–Crippen MR) is 129 cm³/mol. The van der Waals surface area contributed by atoms with Gasteiger partial charge in [-0.05, 0) is 55.7 Å². The lowest BCUT2D eigenvalue weighted by molar-refractivity contribution is -0.133. The third-order valence-electron chi connectivity index (χ3n) is 5.91. The molecule has 4 rings (SSSR count). The Kier molecular flexibility index (Phi) is 6.43. The van der Waals surface area contributed by atoms with Crippen LogP contribution in [-0.2, 0) is 14.8 Å². The van der Waals surface area contributed by atoms with Crippen LogP contribution in [0.25, 0.3) is 0 Å². The van der Waals surface area contributed by atoms with Gasteiger partial charge in [-0.25, -0.2) is 13.2 Å². The summed E-state index contributed by atoms with van der Waals surface area (Å²) in [6.07, 6.45) is 1.88. The maximum atomic E-state index is 14.0. The van der Waals surface area contributed by atoms with E-state index in [0.717, 1.165) is 16.7 Å². The Morgan fingerprint density at radius 3 is 1.94 bits per heavy atom. The molecule has 1 heterocycles. The first-order chi connectivity index (χ1) is 15.7. The highest BCUT2D eigenvalue weighted by atomic mass is 35.5. The average Bonchev–Trinajstić information content (AvgIpc) is 2.79. The van der Waals surface area contributed by atoms with E-state index in [1.165, 1.54) is 4.31 Å². The molecule has 0 saturated heterocycles. The molecule has 7 heteroatoms. The van der Waals surface area contributed by atoms with Crippen LogP contribution in [0, 0.1) is 13.8 Å². The number of hydrogen-bond donors (Lipinski definition) is 1. The zero-order valence-electron chi connectivity index (χ0n) is 18.3. The number of sulfonamides is 1. The Morgan fingerprint density at radius 1 is 0.879 bits per heavy atom. The van der Waals surface area contributed by atoms with E-state index < -0.39 is 28.1 Å². The highest BCUT2D eigenvalue weighted by Crippen LogP contribution is 2.45. The van der Waals surface area contributed by atoms with Crippen molar-refractivity contribution in [2.75, 3.05) is 0 Å². The van der Waals surface area contributed by atoms with Crippen LogP contribution in [-0.4, -0.2) is 23.8 Å². The maximum absolute atomic E-state index is 14.0. The van der Waals surface area contributed by atoms with E-state index in [0.29, 0.717) is 10.6 Å². The topological polar surface area (TPSA) is 74.7 Å². The van der Waals surface area contributed by atoms with Gasteiger partial charge in [-0.2, -0.15) is 4.31 Å². The Morgan fingerprint density at radius 2 is 1.39 bits per heavy atom. The van der Waals surface area contributed by atoms with Gasteiger partial charge in [0.15, 0.2) is 0 Å². The summed E-state index contributed by atoms with van der Waals surface area (Å²) in [5.41, 5.74) is 3.36. The van der Waals surface area contributed by atoms with Crippen molar-refractivity contribution in [1.82, 2.24) is 4.31 Å². The molecule has 0 aliphatic carbocycles. The van der Waals surface area contributed by atoms with Gasteiger partial charge in [0.2, 0.25) is 10.0 Å². The van der Waals surface area contributed by atoms with Gasteiger partial charge in [0.25, 0.3) is 0 Å². The molecule has 33 heavy (non-hydrogen) atoms. The summed E-state index contributed by atoms with van der Waals surface area (Å²) in [6, 6.07) is 19.3. The van der Waals surface area contributed by atoms with Gasteiger partial charge in [0.05, 0.1) is 22.6 Å². The molecule has 1 N–H and O–H groups in total. The molecule has 0 unspecified atom stereocenters. The van der Waals surface area contributed by atoms with Crippen molar-refractivity contribution in [3.8, 4) is 0 Å². The summed E-state index contributed by atoms with van der Waals surface area (Å²) in [7, 11) is -4.06. The van der Waals surface area contributed by atoms with Gasteiger partial charge >= 0.3 is 5.97 Å².